The quantitative estimate of drug-likeness (QED) is 0.239. The molecule has 0 radical (unpaired) electrons. The number of alkyl halides is 18. The maximum Gasteiger partial charge on any atom is 1.00 e. The van der Waals surface area contributed by atoms with Crippen molar-refractivity contribution in [2.75, 3.05) is 0 Å². The number of hydrogen-bond donors (Lipinski definition) is 1. The van der Waals surface area contributed by atoms with Gasteiger partial charge in [-0.25, -0.2) is 0 Å². The zero-order chi connectivity index (χ0) is 26.5. The predicted molar refractivity (Wildman–Crippen MR) is 51.6 cm³/mol. The topological polar surface area (TPSA) is 83.4 Å². The summed E-state index contributed by atoms with van der Waals surface area (Å²) in [6.07, 6.45) is -15.6. The number of phosphoric acid groups is 1. The van der Waals surface area contributed by atoms with E-state index in [1.807, 2.05) is 0 Å². The third kappa shape index (κ3) is 7.28. The second-order valence-electron chi connectivity index (χ2n) is 4.91. The van der Waals surface area contributed by atoms with E-state index in [1.54, 1.807) is 0 Å². The summed E-state index contributed by atoms with van der Waals surface area (Å²) in [4.78, 5) is 24.3. The van der Waals surface area contributed by atoms with Gasteiger partial charge in [-0.05, 0) is 0 Å². The Morgan fingerprint density at radius 3 is 0.606 bits per heavy atom. The molecular weight excluding hydrogens is 547 g/mol. The van der Waals surface area contributed by atoms with Crippen molar-refractivity contribution in [3.63, 3.8) is 0 Å². The minimum Gasteiger partial charge on any atom is -0.790 e. The summed E-state index contributed by atoms with van der Waals surface area (Å²) >= 11 is 0. The van der Waals surface area contributed by atoms with Gasteiger partial charge in [0.2, 0.25) is 0 Å². The first-order valence-electron chi connectivity index (χ1n) is 5.90. The molecule has 0 rings (SSSR count). The van der Waals surface area contributed by atoms with Crippen molar-refractivity contribution in [1.29, 1.82) is 0 Å². The van der Waals surface area contributed by atoms with Crippen LogP contribution in [0.5, 0.6) is 0 Å². The second kappa shape index (κ2) is 10.6. The van der Waals surface area contributed by atoms with Crippen molar-refractivity contribution >= 4 is 7.82 Å². The van der Waals surface area contributed by atoms with E-state index in [0.29, 0.717) is 0 Å². The van der Waals surface area contributed by atoms with Gasteiger partial charge in [0.1, 0.15) is 0 Å². The average Bonchev–Trinajstić information content (AvgIpc) is 2.41. The van der Waals surface area contributed by atoms with Crippen LogP contribution in [0, 0.1) is 0 Å². The Balaban J connectivity index is -0.000000539. The molecule has 0 bridgehead atoms. The van der Waals surface area contributed by atoms with Crippen LogP contribution in [0.15, 0.2) is 0 Å². The Morgan fingerprint density at radius 1 is 0.424 bits per heavy atom. The normalized spacial score (nSPS) is 15.1. The molecule has 0 aromatic heterocycles. The van der Waals surface area contributed by atoms with E-state index in [4.69, 9.17) is 19.2 Å². The second-order valence-corrected chi connectivity index (χ2v) is 5.85. The van der Waals surface area contributed by atoms with Crippen molar-refractivity contribution in [1.82, 2.24) is 0 Å². The average molecular weight is 548 g/mol. The molecule has 0 aliphatic rings. The van der Waals surface area contributed by atoms with Gasteiger partial charge in [0, 0.05) is 0 Å². The number of hydrogen-bond acceptors (Lipinski definition) is 3. The predicted octanol–water partition coefficient (Wildman–Crippen LogP) is -2.26. The van der Waals surface area contributed by atoms with Crippen LogP contribution in [-0.4, -0.2) is 52.8 Å². The van der Waals surface area contributed by atoms with Crippen LogP contribution in [0.4, 0.5) is 79.0 Å². The van der Waals surface area contributed by atoms with E-state index in [9.17, 15) is 79.0 Å². The van der Waals surface area contributed by atoms with E-state index >= 15 is 0 Å². The third-order valence-corrected chi connectivity index (χ3v) is 2.68. The molecule has 0 unspecified atom stereocenters. The molecule has 0 heterocycles. The van der Waals surface area contributed by atoms with E-state index in [0.717, 1.165) is 0 Å². The first-order valence-corrected chi connectivity index (χ1v) is 7.39. The summed E-state index contributed by atoms with van der Waals surface area (Å²) in [5, 5.41) is 0. The molecule has 0 saturated heterocycles. The number of rotatable bonds is 5. The van der Waals surface area contributed by atoms with Gasteiger partial charge in [0.15, 0.2) is 0 Å². The van der Waals surface area contributed by atoms with Crippen molar-refractivity contribution in [3.05, 3.63) is 0 Å². The van der Waals surface area contributed by atoms with E-state index in [1.165, 1.54) is 0 Å². The fraction of sp³-hybridized carbons (Fsp3) is 1.00. The molecule has 25 heteroatoms. The third-order valence-electron chi connectivity index (χ3n) is 2.68. The largest absolute Gasteiger partial charge is 1.00 e. The first-order chi connectivity index (χ1) is 12.8. The Labute approximate surface area is 192 Å². The number of halogens is 18. The van der Waals surface area contributed by atoms with Gasteiger partial charge in [-0.1, -0.05) is 0 Å². The van der Waals surface area contributed by atoms with Gasteiger partial charge in [0.05, 0.1) is 7.82 Å². The molecule has 0 aliphatic carbocycles. The zero-order valence-corrected chi connectivity index (χ0v) is 15.8. The summed E-state index contributed by atoms with van der Waals surface area (Å²) in [5.41, 5.74) is 0. The minimum absolute atomic E-state index is 0. The molecule has 1 N–H and O–H groups in total. The van der Waals surface area contributed by atoms with Crippen LogP contribution < -0.4 is 47.5 Å². The summed E-state index contributed by atoms with van der Waals surface area (Å²) in [6.45, 7) is 0. The van der Waals surface area contributed by atoms with Crippen LogP contribution in [0.25, 0.3) is 0 Å². The maximum absolute atomic E-state index is 12.8. The fourth-order valence-corrected chi connectivity index (χ4v) is 1.14. The summed E-state index contributed by atoms with van der Waals surface area (Å²) in [5.74, 6) is -51.0. The molecule has 0 aromatic carbocycles. The molecule has 0 spiro atoms. The molecule has 190 valence electrons. The Hall–Kier alpha value is 0.0448. The van der Waals surface area contributed by atoms with Gasteiger partial charge < -0.3 is 19.2 Å². The molecule has 0 aliphatic heterocycles. The van der Waals surface area contributed by atoms with Gasteiger partial charge in [0.25, 0.3) is 0 Å². The summed E-state index contributed by atoms with van der Waals surface area (Å²) < 4.78 is 229. The SMILES string of the molecule is FC(F)(F)C(F)(F)C(F)(F)C(F)(F)C(F)(F)C(F)(F)C(F)(F)C(F)(F)F.O=P([O-])([O-])O.[Li+].[Li+]. The van der Waals surface area contributed by atoms with Crippen LogP contribution >= 0.6 is 7.82 Å². The molecule has 33 heavy (non-hydrogen) atoms. The standard InChI is InChI=1S/C8F18.2Li.H3O4P/c9-1(10,3(13,14)5(17,18)7(21,22)23)2(11,12)4(15,16)6(19,20)8(24,25)26;;;1-5(2,3)4/h;;;(H3,1,2,3,4)/q;2*+1;/p-2. The zero-order valence-electron chi connectivity index (χ0n) is 14.9. The van der Waals surface area contributed by atoms with Crippen LogP contribution in [0.2, 0.25) is 0 Å². The van der Waals surface area contributed by atoms with Crippen molar-refractivity contribution in [2.24, 2.45) is 0 Å². The van der Waals surface area contributed by atoms with Crippen molar-refractivity contribution in [3.8, 4) is 0 Å². The Bertz CT molecular complexity index is 626. The van der Waals surface area contributed by atoms with Crippen LogP contribution in [0.3, 0.4) is 0 Å². The Morgan fingerprint density at radius 2 is 0.515 bits per heavy atom. The van der Waals surface area contributed by atoms with Crippen molar-refractivity contribution in [2.45, 2.75) is 47.9 Å². The molecule has 4 nitrogen and oxygen atoms in total. The van der Waals surface area contributed by atoms with E-state index in [-0.39, 0.29) is 37.7 Å². The van der Waals surface area contributed by atoms with Gasteiger partial charge in [-0.3, -0.25) is 0 Å². The molecule has 0 fully saturated rings. The Kier molecular flexibility index (Phi) is 12.9. The maximum atomic E-state index is 12.8. The molecule has 0 saturated carbocycles. The van der Waals surface area contributed by atoms with Crippen LogP contribution in [0.1, 0.15) is 0 Å². The monoisotopic (exact) mass is 548 g/mol. The fourth-order valence-electron chi connectivity index (χ4n) is 1.14. The smallest absolute Gasteiger partial charge is 0.790 e. The first kappa shape index (κ1) is 40.2. The molecular formula is C8HF18Li2O4P. The van der Waals surface area contributed by atoms with Crippen LogP contribution in [-0.2, 0) is 4.57 Å². The van der Waals surface area contributed by atoms with E-state index in [2.05, 4.69) is 0 Å². The van der Waals surface area contributed by atoms with Gasteiger partial charge in [-0.2, -0.15) is 79.0 Å². The summed E-state index contributed by atoms with van der Waals surface area (Å²) in [6, 6.07) is 0. The van der Waals surface area contributed by atoms with Gasteiger partial charge >= 0.3 is 85.6 Å². The van der Waals surface area contributed by atoms with Crippen molar-refractivity contribution < 1.29 is 136 Å². The van der Waals surface area contributed by atoms with Gasteiger partial charge in [-0.15, -0.1) is 0 Å². The van der Waals surface area contributed by atoms with E-state index < -0.39 is 55.7 Å². The molecule has 0 aromatic rings. The molecule has 0 atom stereocenters. The molecule has 0 amide bonds. The summed E-state index contributed by atoms with van der Waals surface area (Å²) in [7, 11) is -5.14. The minimum atomic E-state index is -8.72.